The molecule has 7 heteroatoms. The number of piperidine rings is 1. The fraction of sp³-hybridized carbons (Fsp3) is 0.875. The van der Waals surface area contributed by atoms with Crippen molar-refractivity contribution < 1.29 is 17.9 Å². The fourth-order valence-corrected chi connectivity index (χ4v) is 2.81. The van der Waals surface area contributed by atoms with Crippen LogP contribution in [0, 0.1) is 0 Å². The van der Waals surface area contributed by atoms with Crippen LogP contribution in [-0.2, 0) is 19.7 Å². The van der Waals surface area contributed by atoms with Gasteiger partial charge in [0.1, 0.15) is 6.04 Å². The number of rotatable bonds is 3. The standard InChI is InChI=1S/C8H16N2O4S/c1-9-15(12,13)10-6-4-3-5-7(10)8(11)14-2/h7,9H,3-6H2,1-2H3. The molecular weight excluding hydrogens is 220 g/mol. The number of carbonyl (C=O) groups is 1. The summed E-state index contributed by atoms with van der Waals surface area (Å²) in [4.78, 5) is 11.4. The van der Waals surface area contributed by atoms with Gasteiger partial charge in [0.15, 0.2) is 0 Å². The van der Waals surface area contributed by atoms with E-state index < -0.39 is 22.2 Å². The van der Waals surface area contributed by atoms with Crippen molar-refractivity contribution in [2.75, 3.05) is 20.7 Å². The molecule has 1 fully saturated rings. The first-order valence-electron chi connectivity index (χ1n) is 4.81. The minimum atomic E-state index is -3.54. The van der Waals surface area contributed by atoms with E-state index in [2.05, 4.69) is 9.46 Å². The summed E-state index contributed by atoms with van der Waals surface area (Å²) in [6.45, 7) is 0.364. The van der Waals surface area contributed by atoms with Crippen molar-refractivity contribution in [1.29, 1.82) is 0 Å². The Bertz CT molecular complexity index is 328. The molecule has 0 spiro atoms. The average molecular weight is 236 g/mol. The van der Waals surface area contributed by atoms with E-state index in [0.29, 0.717) is 13.0 Å². The predicted molar refractivity (Wildman–Crippen MR) is 54.3 cm³/mol. The topological polar surface area (TPSA) is 75.7 Å². The van der Waals surface area contributed by atoms with Gasteiger partial charge in [0.25, 0.3) is 10.2 Å². The summed E-state index contributed by atoms with van der Waals surface area (Å²) >= 11 is 0. The third-order valence-corrected chi connectivity index (χ3v) is 4.06. The van der Waals surface area contributed by atoms with Gasteiger partial charge in [-0.1, -0.05) is 0 Å². The van der Waals surface area contributed by atoms with E-state index in [1.54, 1.807) is 0 Å². The van der Waals surface area contributed by atoms with Crippen LogP contribution in [0.2, 0.25) is 0 Å². The highest BCUT2D eigenvalue weighted by Crippen LogP contribution is 2.20. The monoisotopic (exact) mass is 236 g/mol. The maximum Gasteiger partial charge on any atom is 0.324 e. The van der Waals surface area contributed by atoms with Gasteiger partial charge in [-0.05, 0) is 19.3 Å². The molecule has 0 aromatic carbocycles. The lowest BCUT2D eigenvalue weighted by molar-refractivity contribution is -0.146. The minimum Gasteiger partial charge on any atom is -0.468 e. The van der Waals surface area contributed by atoms with E-state index in [1.807, 2.05) is 0 Å². The van der Waals surface area contributed by atoms with Crippen LogP contribution in [0.3, 0.4) is 0 Å². The maximum absolute atomic E-state index is 11.6. The van der Waals surface area contributed by atoms with Crippen molar-refractivity contribution in [3.63, 3.8) is 0 Å². The molecule has 1 saturated heterocycles. The lowest BCUT2D eigenvalue weighted by Crippen LogP contribution is -2.51. The second kappa shape index (κ2) is 4.91. The number of nitrogens with zero attached hydrogens (tertiary/aromatic N) is 1. The zero-order chi connectivity index (χ0) is 11.5. The second-order valence-corrected chi connectivity index (χ2v) is 5.18. The molecule has 88 valence electrons. The molecule has 1 aliphatic heterocycles. The number of carbonyl (C=O) groups excluding carboxylic acids is 1. The fourth-order valence-electron chi connectivity index (χ4n) is 1.68. The van der Waals surface area contributed by atoms with Crippen LogP contribution >= 0.6 is 0 Å². The molecule has 1 aliphatic rings. The summed E-state index contributed by atoms with van der Waals surface area (Å²) in [6.07, 6.45) is 2.14. The quantitative estimate of drug-likeness (QED) is 0.669. The van der Waals surface area contributed by atoms with Crippen LogP contribution in [-0.4, -0.2) is 45.4 Å². The lowest BCUT2D eigenvalue weighted by atomic mass is 10.1. The van der Waals surface area contributed by atoms with Crippen molar-refractivity contribution in [3.05, 3.63) is 0 Å². The van der Waals surface area contributed by atoms with E-state index in [9.17, 15) is 13.2 Å². The molecular formula is C8H16N2O4S. The molecule has 0 amide bonds. The van der Waals surface area contributed by atoms with Crippen molar-refractivity contribution in [2.24, 2.45) is 0 Å². The first-order valence-corrected chi connectivity index (χ1v) is 6.25. The summed E-state index contributed by atoms with van der Waals surface area (Å²) in [5.41, 5.74) is 0. The van der Waals surface area contributed by atoms with Gasteiger partial charge in [-0.2, -0.15) is 12.7 Å². The minimum absolute atomic E-state index is 0.364. The van der Waals surface area contributed by atoms with Gasteiger partial charge in [-0.15, -0.1) is 0 Å². The van der Waals surface area contributed by atoms with Crippen molar-refractivity contribution >= 4 is 16.2 Å². The lowest BCUT2D eigenvalue weighted by Gasteiger charge is -2.32. The normalized spacial score (nSPS) is 23.7. The second-order valence-electron chi connectivity index (χ2n) is 3.35. The first kappa shape index (κ1) is 12.4. The number of nitrogens with one attached hydrogen (secondary N) is 1. The molecule has 15 heavy (non-hydrogen) atoms. The molecule has 0 radical (unpaired) electrons. The first-order chi connectivity index (χ1) is 7.03. The summed E-state index contributed by atoms with van der Waals surface area (Å²) in [5, 5.41) is 0. The number of ether oxygens (including phenoxy) is 1. The summed E-state index contributed by atoms with van der Waals surface area (Å²) < 4.78 is 31.2. The summed E-state index contributed by atoms with van der Waals surface area (Å²) in [6, 6.07) is -0.679. The Morgan fingerprint density at radius 2 is 2.13 bits per heavy atom. The van der Waals surface area contributed by atoms with Gasteiger partial charge in [-0.25, -0.2) is 4.72 Å². The zero-order valence-corrected chi connectivity index (χ0v) is 9.71. The van der Waals surface area contributed by atoms with Crippen LogP contribution < -0.4 is 4.72 Å². The summed E-state index contributed by atoms with van der Waals surface area (Å²) in [7, 11) is -0.946. The van der Waals surface area contributed by atoms with E-state index >= 15 is 0 Å². The Morgan fingerprint density at radius 1 is 1.47 bits per heavy atom. The number of methoxy groups -OCH3 is 1. The van der Waals surface area contributed by atoms with Gasteiger partial charge >= 0.3 is 5.97 Å². The van der Waals surface area contributed by atoms with Crippen LogP contribution in [0.25, 0.3) is 0 Å². The van der Waals surface area contributed by atoms with Crippen LogP contribution in [0.15, 0.2) is 0 Å². The Hall–Kier alpha value is -0.660. The average Bonchev–Trinajstić information content (AvgIpc) is 2.28. The van der Waals surface area contributed by atoms with Gasteiger partial charge in [0.2, 0.25) is 0 Å². The molecule has 0 saturated carbocycles. The summed E-state index contributed by atoms with van der Waals surface area (Å²) in [5.74, 6) is -0.492. The van der Waals surface area contributed by atoms with E-state index in [4.69, 9.17) is 0 Å². The molecule has 1 atom stereocenters. The number of hydrogen-bond donors (Lipinski definition) is 1. The van der Waals surface area contributed by atoms with Crippen molar-refractivity contribution in [1.82, 2.24) is 9.03 Å². The highest BCUT2D eigenvalue weighted by Gasteiger charge is 2.36. The molecule has 1 rings (SSSR count). The highest BCUT2D eigenvalue weighted by atomic mass is 32.2. The SMILES string of the molecule is CNS(=O)(=O)N1CCCCC1C(=O)OC. The van der Waals surface area contributed by atoms with Crippen LogP contribution in [0.5, 0.6) is 0 Å². The number of esters is 1. The molecule has 1 unspecified atom stereocenters. The third-order valence-electron chi connectivity index (χ3n) is 2.49. The Balaban J connectivity index is 2.88. The van der Waals surface area contributed by atoms with Crippen molar-refractivity contribution in [2.45, 2.75) is 25.3 Å². The van der Waals surface area contributed by atoms with Gasteiger partial charge in [-0.3, -0.25) is 4.79 Å². The largest absolute Gasteiger partial charge is 0.468 e. The molecule has 1 heterocycles. The Kier molecular flexibility index (Phi) is 4.06. The van der Waals surface area contributed by atoms with E-state index in [0.717, 1.165) is 12.8 Å². The third kappa shape index (κ3) is 2.67. The van der Waals surface area contributed by atoms with Gasteiger partial charge < -0.3 is 4.74 Å². The number of hydrogen-bond acceptors (Lipinski definition) is 4. The van der Waals surface area contributed by atoms with Gasteiger partial charge in [0.05, 0.1) is 7.11 Å². The van der Waals surface area contributed by atoms with Gasteiger partial charge in [0, 0.05) is 13.6 Å². The van der Waals surface area contributed by atoms with Crippen LogP contribution in [0.1, 0.15) is 19.3 Å². The molecule has 0 aliphatic carbocycles. The zero-order valence-electron chi connectivity index (χ0n) is 8.89. The Labute approximate surface area is 89.8 Å². The molecule has 0 aromatic heterocycles. The molecule has 1 N–H and O–H groups in total. The molecule has 6 nitrogen and oxygen atoms in total. The molecule has 0 aromatic rings. The molecule has 0 bridgehead atoms. The van der Waals surface area contributed by atoms with E-state index in [-0.39, 0.29) is 0 Å². The Morgan fingerprint density at radius 3 is 2.67 bits per heavy atom. The van der Waals surface area contributed by atoms with E-state index in [1.165, 1.54) is 18.5 Å². The van der Waals surface area contributed by atoms with Crippen LogP contribution in [0.4, 0.5) is 0 Å². The highest BCUT2D eigenvalue weighted by molar-refractivity contribution is 7.87. The predicted octanol–water partition coefficient (Wildman–Crippen LogP) is -0.522. The maximum atomic E-state index is 11.6. The van der Waals surface area contributed by atoms with Crippen molar-refractivity contribution in [3.8, 4) is 0 Å². The smallest absolute Gasteiger partial charge is 0.324 e.